The second-order valence-electron chi connectivity index (χ2n) is 5.15. The molecular weight excluding hydrogens is 284 g/mol. The van der Waals surface area contributed by atoms with Gasteiger partial charge in [0, 0.05) is 35.2 Å². The van der Waals surface area contributed by atoms with E-state index in [0.717, 1.165) is 22.3 Å². The fourth-order valence-corrected chi connectivity index (χ4v) is 2.56. The van der Waals surface area contributed by atoms with Crippen LogP contribution in [0.4, 0.5) is 11.6 Å². The van der Waals surface area contributed by atoms with Crippen molar-refractivity contribution < 1.29 is 0 Å². The van der Waals surface area contributed by atoms with Gasteiger partial charge in [-0.2, -0.15) is 0 Å². The quantitative estimate of drug-likeness (QED) is 0.607. The van der Waals surface area contributed by atoms with Crippen molar-refractivity contribution in [3.05, 3.63) is 79.3 Å². The summed E-state index contributed by atoms with van der Waals surface area (Å²) >= 11 is 0. The fourth-order valence-electron chi connectivity index (χ4n) is 2.56. The van der Waals surface area contributed by atoms with Crippen molar-refractivity contribution in [2.75, 3.05) is 5.32 Å². The van der Waals surface area contributed by atoms with E-state index in [2.05, 4.69) is 38.5 Å². The second-order valence-corrected chi connectivity index (χ2v) is 5.15. The first-order valence-corrected chi connectivity index (χ1v) is 7.38. The summed E-state index contributed by atoms with van der Waals surface area (Å²) in [6.45, 7) is 0. The highest BCUT2D eigenvalue weighted by Gasteiger charge is 2.05. The first kappa shape index (κ1) is 13.4. The number of hydrogen-bond acceptors (Lipinski definition) is 4. The van der Waals surface area contributed by atoms with Crippen LogP contribution in [0.1, 0.15) is 0 Å². The molecule has 1 N–H and O–H groups in total. The summed E-state index contributed by atoms with van der Waals surface area (Å²) in [4.78, 5) is 13.0. The van der Waals surface area contributed by atoms with E-state index in [4.69, 9.17) is 0 Å². The fraction of sp³-hybridized carbons (Fsp3) is 0. The molecule has 0 fully saturated rings. The van der Waals surface area contributed by atoms with Gasteiger partial charge in [-0.15, -0.1) is 0 Å². The van der Waals surface area contributed by atoms with Crippen LogP contribution in [0.2, 0.25) is 0 Å². The Hall–Kier alpha value is -3.27. The highest BCUT2D eigenvalue weighted by Crippen LogP contribution is 2.25. The lowest BCUT2D eigenvalue weighted by atomic mass is 10.1. The molecule has 4 heteroatoms. The Morgan fingerprint density at radius 1 is 0.739 bits per heavy atom. The lowest BCUT2D eigenvalue weighted by Crippen LogP contribution is -1.98. The maximum absolute atomic E-state index is 4.60. The lowest BCUT2D eigenvalue weighted by Gasteiger charge is -2.09. The molecular formula is C19H14N4. The van der Waals surface area contributed by atoms with Crippen molar-refractivity contribution in [2.24, 2.45) is 0 Å². The molecule has 23 heavy (non-hydrogen) atoms. The van der Waals surface area contributed by atoms with Gasteiger partial charge in [-0.1, -0.05) is 36.4 Å². The van der Waals surface area contributed by atoms with Crippen LogP contribution in [0.25, 0.3) is 22.0 Å². The summed E-state index contributed by atoms with van der Waals surface area (Å²) in [5, 5.41) is 5.65. The van der Waals surface area contributed by atoms with E-state index in [1.165, 1.54) is 5.39 Å². The molecule has 0 atom stereocenters. The standard InChI is InChI=1S/C19H14N4/c1-2-6-16-14(4-1)5-3-7-18(16)23-19-21-13-10-17(22-19)15-8-11-20-12-9-15/h1-13H,(H,21,22,23). The van der Waals surface area contributed by atoms with Gasteiger partial charge in [0.1, 0.15) is 0 Å². The minimum Gasteiger partial charge on any atom is -0.324 e. The summed E-state index contributed by atoms with van der Waals surface area (Å²) in [6.07, 6.45) is 5.28. The van der Waals surface area contributed by atoms with E-state index >= 15 is 0 Å². The predicted octanol–water partition coefficient (Wildman–Crippen LogP) is 4.44. The van der Waals surface area contributed by atoms with Gasteiger partial charge in [-0.3, -0.25) is 4.98 Å². The third-order valence-corrected chi connectivity index (χ3v) is 3.67. The van der Waals surface area contributed by atoms with Crippen LogP contribution in [0.3, 0.4) is 0 Å². The van der Waals surface area contributed by atoms with Crippen molar-refractivity contribution >= 4 is 22.4 Å². The van der Waals surface area contributed by atoms with Crippen molar-refractivity contribution in [2.45, 2.75) is 0 Å². The van der Waals surface area contributed by atoms with Crippen molar-refractivity contribution in [3.8, 4) is 11.3 Å². The zero-order chi connectivity index (χ0) is 15.5. The van der Waals surface area contributed by atoms with Crippen molar-refractivity contribution in [3.63, 3.8) is 0 Å². The molecule has 4 nitrogen and oxygen atoms in total. The van der Waals surface area contributed by atoms with E-state index in [9.17, 15) is 0 Å². The van der Waals surface area contributed by atoms with Gasteiger partial charge >= 0.3 is 0 Å². The van der Waals surface area contributed by atoms with Crippen LogP contribution in [-0.4, -0.2) is 15.0 Å². The summed E-state index contributed by atoms with van der Waals surface area (Å²) in [6, 6.07) is 20.2. The van der Waals surface area contributed by atoms with E-state index in [-0.39, 0.29) is 0 Å². The van der Waals surface area contributed by atoms with Crippen LogP contribution in [0.15, 0.2) is 79.3 Å². The van der Waals surface area contributed by atoms with Gasteiger partial charge in [0.2, 0.25) is 5.95 Å². The number of nitrogens with zero attached hydrogens (tertiary/aromatic N) is 3. The predicted molar refractivity (Wildman–Crippen MR) is 92.5 cm³/mol. The summed E-state index contributed by atoms with van der Waals surface area (Å²) in [5.74, 6) is 0.579. The molecule has 2 aromatic carbocycles. The molecule has 0 bridgehead atoms. The van der Waals surface area contributed by atoms with Crippen LogP contribution in [0.5, 0.6) is 0 Å². The smallest absolute Gasteiger partial charge is 0.227 e. The molecule has 0 radical (unpaired) electrons. The molecule has 2 aromatic heterocycles. The van der Waals surface area contributed by atoms with Gasteiger partial charge < -0.3 is 5.32 Å². The Balaban J connectivity index is 1.72. The Kier molecular flexibility index (Phi) is 3.41. The third-order valence-electron chi connectivity index (χ3n) is 3.67. The SMILES string of the molecule is c1ccc2c(Nc3nccc(-c4ccncc4)n3)cccc2c1. The molecule has 4 rings (SSSR count). The average Bonchev–Trinajstić information content (AvgIpc) is 2.63. The number of anilines is 2. The number of fused-ring (bicyclic) bond motifs is 1. The maximum Gasteiger partial charge on any atom is 0.227 e. The molecule has 0 unspecified atom stereocenters. The second kappa shape index (κ2) is 5.85. The monoisotopic (exact) mass is 298 g/mol. The van der Waals surface area contributed by atoms with E-state index in [0.29, 0.717) is 5.95 Å². The van der Waals surface area contributed by atoms with Crippen LogP contribution >= 0.6 is 0 Å². The number of aromatic nitrogens is 3. The van der Waals surface area contributed by atoms with Crippen molar-refractivity contribution in [1.82, 2.24) is 15.0 Å². The zero-order valence-corrected chi connectivity index (χ0v) is 12.3. The maximum atomic E-state index is 4.60. The largest absolute Gasteiger partial charge is 0.324 e. The number of rotatable bonds is 3. The molecule has 0 saturated heterocycles. The molecule has 110 valence electrons. The van der Waals surface area contributed by atoms with E-state index in [1.807, 2.05) is 42.5 Å². The van der Waals surface area contributed by atoms with Gasteiger partial charge in [0.25, 0.3) is 0 Å². The number of pyridine rings is 1. The first-order chi connectivity index (χ1) is 11.4. The Bertz CT molecular complexity index is 946. The normalized spacial score (nSPS) is 10.6. The molecule has 0 spiro atoms. The van der Waals surface area contributed by atoms with E-state index < -0.39 is 0 Å². The zero-order valence-electron chi connectivity index (χ0n) is 12.3. The highest BCUT2D eigenvalue weighted by atomic mass is 15.1. The average molecular weight is 298 g/mol. The van der Waals surface area contributed by atoms with Crippen LogP contribution in [-0.2, 0) is 0 Å². The van der Waals surface area contributed by atoms with Gasteiger partial charge in [-0.05, 0) is 29.7 Å². The Morgan fingerprint density at radius 3 is 2.48 bits per heavy atom. The molecule has 0 amide bonds. The highest BCUT2D eigenvalue weighted by molar-refractivity contribution is 5.94. The van der Waals surface area contributed by atoms with Crippen LogP contribution < -0.4 is 5.32 Å². The van der Waals surface area contributed by atoms with Crippen molar-refractivity contribution in [1.29, 1.82) is 0 Å². The van der Waals surface area contributed by atoms with Crippen LogP contribution in [0, 0.1) is 0 Å². The minimum absolute atomic E-state index is 0.579. The molecule has 0 aliphatic heterocycles. The minimum atomic E-state index is 0.579. The third kappa shape index (κ3) is 2.74. The van der Waals surface area contributed by atoms with Gasteiger partial charge in [0.05, 0.1) is 5.69 Å². The summed E-state index contributed by atoms with van der Waals surface area (Å²) < 4.78 is 0. The van der Waals surface area contributed by atoms with Gasteiger partial charge in [0.15, 0.2) is 0 Å². The molecule has 2 heterocycles. The van der Waals surface area contributed by atoms with Gasteiger partial charge in [-0.25, -0.2) is 9.97 Å². The molecule has 0 aliphatic carbocycles. The Labute approximate surface area is 133 Å². The molecule has 4 aromatic rings. The first-order valence-electron chi connectivity index (χ1n) is 7.38. The summed E-state index contributed by atoms with van der Waals surface area (Å²) in [7, 11) is 0. The molecule has 0 aliphatic rings. The topological polar surface area (TPSA) is 50.7 Å². The number of benzene rings is 2. The molecule has 0 saturated carbocycles. The summed E-state index contributed by atoms with van der Waals surface area (Å²) in [5.41, 5.74) is 2.88. The number of nitrogens with one attached hydrogen (secondary N) is 1. The number of hydrogen-bond donors (Lipinski definition) is 1. The Morgan fingerprint density at radius 2 is 1.57 bits per heavy atom. The van der Waals surface area contributed by atoms with E-state index in [1.54, 1.807) is 18.6 Å². The lowest BCUT2D eigenvalue weighted by molar-refractivity contribution is 1.17.